The molecule has 1 atom stereocenters. The Morgan fingerprint density at radius 2 is 1.76 bits per heavy atom. The first-order chi connectivity index (χ1) is 19.8. The van der Waals surface area contributed by atoms with Crippen molar-refractivity contribution in [3.05, 3.63) is 80.5 Å². The molecular weight excluding hydrogens is 522 g/mol. The minimum absolute atomic E-state index is 0.266. The third-order valence-electron chi connectivity index (χ3n) is 8.26. The van der Waals surface area contributed by atoms with Crippen molar-refractivity contribution in [3.63, 3.8) is 0 Å². The van der Waals surface area contributed by atoms with Gasteiger partial charge in [0.05, 0.1) is 18.7 Å². The van der Waals surface area contributed by atoms with Gasteiger partial charge in [0.1, 0.15) is 18.2 Å². The summed E-state index contributed by atoms with van der Waals surface area (Å²) in [5.41, 5.74) is 3.49. The van der Waals surface area contributed by atoms with E-state index in [1.807, 2.05) is 31.2 Å². The van der Waals surface area contributed by atoms with Gasteiger partial charge in [-0.1, -0.05) is 24.3 Å². The number of benzene rings is 2. The van der Waals surface area contributed by atoms with Crippen LogP contribution < -0.4 is 25.8 Å². The zero-order valence-corrected chi connectivity index (χ0v) is 24.3. The molecule has 1 aromatic heterocycles. The fraction of sp³-hybridized carbons (Fsp3) is 0.452. The topological polar surface area (TPSA) is 89.3 Å². The molecule has 41 heavy (non-hydrogen) atoms. The number of ether oxygens (including phenoxy) is 2. The Hall–Kier alpha value is -4.05. The van der Waals surface area contributed by atoms with Gasteiger partial charge in [0.25, 0.3) is 5.56 Å². The molecule has 1 unspecified atom stereocenters. The molecule has 218 valence electrons. The smallest absolute Gasteiger partial charge is 0.332 e. The van der Waals surface area contributed by atoms with Crippen LogP contribution in [0.1, 0.15) is 36.8 Å². The number of nitrogens with zero attached hydrogens (tertiary/aromatic N) is 5. The van der Waals surface area contributed by atoms with E-state index >= 15 is 0 Å². The molecule has 10 nitrogen and oxygen atoms in total. The monoisotopic (exact) mass is 561 g/mol. The van der Waals surface area contributed by atoms with E-state index in [1.165, 1.54) is 14.2 Å². The van der Waals surface area contributed by atoms with E-state index in [-0.39, 0.29) is 23.1 Å². The Balaban J connectivity index is 1.31. The largest absolute Gasteiger partial charge is 0.487 e. The first kappa shape index (κ1) is 28.5. The van der Waals surface area contributed by atoms with E-state index in [9.17, 15) is 14.4 Å². The molecule has 0 N–H and O–H groups in total. The highest BCUT2D eigenvalue weighted by Crippen LogP contribution is 2.41. The first-order valence-corrected chi connectivity index (χ1v) is 14.2. The summed E-state index contributed by atoms with van der Waals surface area (Å²) in [6, 6.07) is 15.8. The van der Waals surface area contributed by atoms with E-state index in [4.69, 9.17) is 9.47 Å². The molecular formula is C31H39N5O5. The second-order valence-electron chi connectivity index (χ2n) is 10.8. The van der Waals surface area contributed by atoms with Crippen LogP contribution in [-0.4, -0.2) is 66.4 Å². The van der Waals surface area contributed by atoms with Crippen LogP contribution in [0.25, 0.3) is 0 Å². The molecule has 0 radical (unpaired) electrons. The number of hydrogen-bond donors (Lipinski definition) is 0. The van der Waals surface area contributed by atoms with Gasteiger partial charge in [-0.3, -0.25) is 18.7 Å². The van der Waals surface area contributed by atoms with Crippen LogP contribution in [0.4, 0.5) is 17.2 Å². The molecule has 0 saturated carbocycles. The molecule has 1 fully saturated rings. The van der Waals surface area contributed by atoms with E-state index in [0.29, 0.717) is 12.4 Å². The summed E-state index contributed by atoms with van der Waals surface area (Å²) in [6.45, 7) is 7.38. The van der Waals surface area contributed by atoms with Crippen molar-refractivity contribution in [2.75, 3.05) is 56.2 Å². The van der Waals surface area contributed by atoms with E-state index < -0.39 is 0 Å². The fourth-order valence-corrected chi connectivity index (χ4v) is 5.77. The van der Waals surface area contributed by atoms with Crippen molar-refractivity contribution in [1.29, 1.82) is 0 Å². The molecule has 3 aromatic rings. The Morgan fingerprint density at radius 3 is 2.56 bits per heavy atom. The maximum Gasteiger partial charge on any atom is 0.332 e. The maximum atomic E-state index is 12.5. The maximum absolute atomic E-state index is 12.5. The normalized spacial score (nSPS) is 16.2. The predicted molar refractivity (Wildman–Crippen MR) is 159 cm³/mol. The molecule has 2 aliphatic rings. The number of carbonyl (C=O) groups excluding carboxylic acids is 1. The lowest BCUT2D eigenvalue weighted by Crippen LogP contribution is -2.41. The van der Waals surface area contributed by atoms with Gasteiger partial charge in [-0.2, -0.15) is 0 Å². The van der Waals surface area contributed by atoms with Gasteiger partial charge in [-0.15, -0.1) is 0 Å². The second kappa shape index (κ2) is 12.2. The third kappa shape index (κ3) is 5.88. The molecule has 5 rings (SSSR count). The highest BCUT2D eigenvalue weighted by Gasteiger charge is 2.25. The van der Waals surface area contributed by atoms with E-state index in [2.05, 4.69) is 32.9 Å². The lowest BCUT2D eigenvalue weighted by molar-refractivity contribution is -0.141. The number of anilines is 3. The molecule has 2 aromatic carbocycles. The number of esters is 1. The Morgan fingerprint density at radius 1 is 0.951 bits per heavy atom. The van der Waals surface area contributed by atoms with Crippen LogP contribution >= 0.6 is 0 Å². The molecule has 10 heteroatoms. The minimum Gasteiger partial charge on any atom is -0.487 e. The zero-order valence-electron chi connectivity index (χ0n) is 24.3. The summed E-state index contributed by atoms with van der Waals surface area (Å²) >= 11 is 0. The lowest BCUT2D eigenvalue weighted by Gasteiger charge is -2.28. The summed E-state index contributed by atoms with van der Waals surface area (Å²) in [7, 11) is 4.64. The number of hydrogen-bond acceptors (Lipinski definition) is 8. The molecule has 3 heterocycles. The Labute approximate surface area is 240 Å². The predicted octanol–water partition coefficient (Wildman–Crippen LogP) is 2.99. The molecule has 0 spiro atoms. The average molecular weight is 562 g/mol. The van der Waals surface area contributed by atoms with Gasteiger partial charge in [-0.25, -0.2) is 4.79 Å². The Bertz CT molecular complexity index is 1530. The van der Waals surface area contributed by atoms with Crippen molar-refractivity contribution in [3.8, 4) is 5.75 Å². The highest BCUT2D eigenvalue weighted by molar-refractivity contribution is 5.80. The second-order valence-corrected chi connectivity index (χ2v) is 10.8. The van der Waals surface area contributed by atoms with Crippen LogP contribution in [0.3, 0.4) is 0 Å². The van der Waals surface area contributed by atoms with Crippen LogP contribution in [-0.2, 0) is 30.2 Å². The van der Waals surface area contributed by atoms with Gasteiger partial charge in [0.15, 0.2) is 0 Å². The summed E-state index contributed by atoms with van der Waals surface area (Å²) < 4.78 is 13.9. The number of para-hydroxylation sites is 1. The van der Waals surface area contributed by atoms with Crippen LogP contribution in [0, 0.1) is 0 Å². The van der Waals surface area contributed by atoms with Gasteiger partial charge >= 0.3 is 11.7 Å². The van der Waals surface area contributed by atoms with E-state index in [0.717, 1.165) is 84.9 Å². The Kier molecular flexibility index (Phi) is 8.49. The van der Waals surface area contributed by atoms with Crippen LogP contribution in [0.15, 0.2) is 58.1 Å². The number of aromatic nitrogens is 2. The molecule has 0 amide bonds. The quantitative estimate of drug-likeness (QED) is 0.407. The number of carbonyl (C=O) groups is 1. The molecule has 0 bridgehead atoms. The SMILES string of the molecule is COC(=O)C(C)c1ccc2c(c1)N(CCCN1CCCN(c3cc(=O)n(C)c(=O)n3C)CC1)c1ccccc1CO2. The van der Waals surface area contributed by atoms with Crippen molar-refractivity contribution < 1.29 is 14.3 Å². The number of methoxy groups -OCH3 is 1. The van der Waals surface area contributed by atoms with Gasteiger partial charge < -0.3 is 24.2 Å². The van der Waals surface area contributed by atoms with Crippen LogP contribution in [0.2, 0.25) is 0 Å². The first-order valence-electron chi connectivity index (χ1n) is 14.2. The fourth-order valence-electron chi connectivity index (χ4n) is 5.77. The summed E-state index contributed by atoms with van der Waals surface area (Å²) in [4.78, 5) is 43.9. The number of fused-ring (bicyclic) bond motifs is 2. The summed E-state index contributed by atoms with van der Waals surface area (Å²) in [6.07, 6.45) is 1.87. The minimum atomic E-state index is -0.380. The van der Waals surface area contributed by atoms with Gasteiger partial charge in [0.2, 0.25) is 0 Å². The van der Waals surface area contributed by atoms with E-state index in [1.54, 1.807) is 17.7 Å². The van der Waals surface area contributed by atoms with Crippen molar-refractivity contribution in [2.45, 2.75) is 32.3 Å². The molecule has 1 saturated heterocycles. The summed E-state index contributed by atoms with van der Waals surface area (Å²) in [5, 5.41) is 0. The average Bonchev–Trinajstić information content (AvgIpc) is 3.32. The van der Waals surface area contributed by atoms with Crippen LogP contribution in [0.5, 0.6) is 5.75 Å². The lowest BCUT2D eigenvalue weighted by atomic mass is 10.00. The van der Waals surface area contributed by atoms with Gasteiger partial charge in [0, 0.05) is 57.6 Å². The van der Waals surface area contributed by atoms with Crippen molar-refractivity contribution in [1.82, 2.24) is 14.0 Å². The van der Waals surface area contributed by atoms with Crippen molar-refractivity contribution >= 4 is 23.2 Å². The number of rotatable bonds is 7. The summed E-state index contributed by atoms with van der Waals surface area (Å²) in [5.74, 6) is 0.828. The molecule has 0 aliphatic carbocycles. The van der Waals surface area contributed by atoms with Gasteiger partial charge in [-0.05, 0) is 56.6 Å². The zero-order chi connectivity index (χ0) is 29.1. The van der Waals surface area contributed by atoms with Crippen molar-refractivity contribution in [2.24, 2.45) is 14.1 Å². The highest BCUT2D eigenvalue weighted by atomic mass is 16.5. The standard InChI is InChI=1S/C31H39N5O5/c1-22(30(38)40-4)23-11-12-27-26(19-23)36(25-10-6-5-9-24(25)21-41-27)16-8-14-34-13-7-15-35(18-17-34)28-20-29(37)33(3)31(39)32(28)2/h5-6,9-12,19-20,22H,7-8,13-18,21H2,1-4H3. The third-order valence-corrected chi connectivity index (χ3v) is 8.26. The molecule has 2 aliphatic heterocycles.